The van der Waals surface area contributed by atoms with Crippen molar-refractivity contribution in [1.82, 2.24) is 4.98 Å². The van der Waals surface area contributed by atoms with Gasteiger partial charge in [0, 0.05) is 18.8 Å². The van der Waals surface area contributed by atoms with Gasteiger partial charge in [-0.1, -0.05) is 6.07 Å². The molecule has 0 amide bonds. The van der Waals surface area contributed by atoms with E-state index < -0.39 is 15.9 Å². The predicted molar refractivity (Wildman–Crippen MR) is 68.7 cm³/mol. The molecule has 2 rings (SSSR count). The Morgan fingerprint density at radius 2 is 1.94 bits per heavy atom. The molecule has 0 unspecified atom stereocenters. The van der Waals surface area contributed by atoms with E-state index in [2.05, 4.69) is 9.98 Å². The topological polar surface area (TPSA) is 59.4 Å². The molecule has 0 fully saturated rings. The van der Waals surface area contributed by atoms with Crippen LogP contribution >= 0.6 is 23.2 Å². The van der Waals surface area contributed by atoms with E-state index in [0.29, 0.717) is 11.4 Å². The van der Waals surface area contributed by atoms with Gasteiger partial charge in [0.25, 0.3) is 0 Å². The summed E-state index contributed by atoms with van der Waals surface area (Å²) in [4.78, 5) is 31.2. The number of rotatable bonds is 3. The Bertz CT molecular complexity index is 538. The molecule has 0 radical (unpaired) electrons. The van der Waals surface area contributed by atoms with Gasteiger partial charge < -0.3 is 0 Å². The first kappa shape index (κ1) is 12.9. The summed E-state index contributed by atoms with van der Waals surface area (Å²) < 4.78 is 0. The minimum absolute atomic E-state index is 0.0190. The average Bonchev–Trinajstić information content (AvgIpc) is 2.39. The van der Waals surface area contributed by atoms with E-state index in [-0.39, 0.29) is 6.42 Å². The summed E-state index contributed by atoms with van der Waals surface area (Å²) in [6.45, 7) is 0. The van der Waals surface area contributed by atoms with Crippen LogP contribution in [0.25, 0.3) is 0 Å². The van der Waals surface area contributed by atoms with Crippen molar-refractivity contribution in [2.24, 2.45) is 10.4 Å². The maximum absolute atomic E-state index is 11.5. The summed E-state index contributed by atoms with van der Waals surface area (Å²) >= 11 is 11.0. The first-order valence-corrected chi connectivity index (χ1v) is 5.87. The standard InChI is InChI=1S/C12H8Cl2N2O2/c13-10(17)12(11(14)18)4-6-16-9(7-12)8-3-1-2-5-15-8/h1-6H,7H2. The molecule has 0 bridgehead atoms. The first-order valence-electron chi connectivity index (χ1n) is 5.12. The third-order valence-electron chi connectivity index (χ3n) is 2.70. The van der Waals surface area contributed by atoms with E-state index in [1.54, 1.807) is 24.4 Å². The monoisotopic (exact) mass is 282 g/mol. The summed E-state index contributed by atoms with van der Waals surface area (Å²) in [5, 5.41) is -1.64. The third kappa shape index (κ3) is 2.21. The zero-order valence-electron chi connectivity index (χ0n) is 9.14. The lowest BCUT2D eigenvalue weighted by Gasteiger charge is -2.24. The minimum Gasteiger partial charge on any atom is -0.280 e. The smallest absolute Gasteiger partial charge is 0.240 e. The molecular formula is C12H8Cl2N2O2. The number of carbonyl (C=O) groups is 2. The lowest BCUT2D eigenvalue weighted by Crippen LogP contribution is -2.36. The highest BCUT2D eigenvalue weighted by atomic mass is 35.5. The Morgan fingerprint density at radius 1 is 1.22 bits per heavy atom. The molecule has 0 N–H and O–H groups in total. The fourth-order valence-electron chi connectivity index (χ4n) is 1.66. The van der Waals surface area contributed by atoms with Crippen LogP contribution in [0, 0.1) is 5.41 Å². The Balaban J connectivity index is 2.40. The van der Waals surface area contributed by atoms with Crippen LogP contribution < -0.4 is 0 Å². The number of hydrogen-bond acceptors (Lipinski definition) is 4. The molecule has 92 valence electrons. The second-order valence-electron chi connectivity index (χ2n) is 3.80. The number of allylic oxidation sites excluding steroid dienone is 1. The molecule has 0 aromatic carbocycles. The van der Waals surface area contributed by atoms with Gasteiger partial charge in [0.2, 0.25) is 10.5 Å². The van der Waals surface area contributed by atoms with Gasteiger partial charge in [0.05, 0.1) is 11.4 Å². The molecule has 4 nitrogen and oxygen atoms in total. The minimum atomic E-state index is -1.54. The van der Waals surface area contributed by atoms with E-state index in [0.717, 1.165) is 0 Å². The quantitative estimate of drug-likeness (QED) is 0.631. The largest absolute Gasteiger partial charge is 0.280 e. The Morgan fingerprint density at radius 3 is 2.50 bits per heavy atom. The van der Waals surface area contributed by atoms with Crippen molar-refractivity contribution < 1.29 is 9.59 Å². The van der Waals surface area contributed by atoms with Gasteiger partial charge in [-0.15, -0.1) is 0 Å². The molecule has 0 saturated heterocycles. The molecule has 0 atom stereocenters. The molecule has 1 aliphatic heterocycles. The molecular weight excluding hydrogens is 275 g/mol. The predicted octanol–water partition coefficient (Wildman–Crippen LogP) is 2.31. The number of carbonyl (C=O) groups excluding carboxylic acids is 2. The molecule has 6 heteroatoms. The molecule has 18 heavy (non-hydrogen) atoms. The van der Waals surface area contributed by atoms with Crippen molar-refractivity contribution in [3.8, 4) is 0 Å². The van der Waals surface area contributed by atoms with Crippen LogP contribution in [0.1, 0.15) is 12.1 Å². The van der Waals surface area contributed by atoms with Gasteiger partial charge in [-0.25, -0.2) is 0 Å². The van der Waals surface area contributed by atoms with Gasteiger partial charge in [0.15, 0.2) is 0 Å². The summed E-state index contributed by atoms with van der Waals surface area (Å²) in [6, 6.07) is 5.28. The van der Waals surface area contributed by atoms with Gasteiger partial charge in [-0.2, -0.15) is 0 Å². The summed E-state index contributed by atoms with van der Waals surface area (Å²) in [5.74, 6) is 0. The van der Waals surface area contributed by atoms with Crippen LogP contribution in [0.15, 0.2) is 41.7 Å². The molecule has 1 aromatic heterocycles. The normalized spacial score (nSPS) is 17.1. The van der Waals surface area contributed by atoms with E-state index in [9.17, 15) is 9.59 Å². The van der Waals surface area contributed by atoms with Crippen molar-refractivity contribution in [3.05, 3.63) is 42.4 Å². The number of aliphatic imine (C=N–C) groups is 1. The molecule has 0 spiro atoms. The molecule has 2 heterocycles. The lowest BCUT2D eigenvalue weighted by molar-refractivity contribution is -0.128. The molecule has 0 aliphatic carbocycles. The van der Waals surface area contributed by atoms with Crippen molar-refractivity contribution in [2.75, 3.05) is 0 Å². The van der Waals surface area contributed by atoms with Gasteiger partial charge >= 0.3 is 0 Å². The number of pyridine rings is 1. The first-order chi connectivity index (χ1) is 8.56. The molecule has 1 aliphatic rings. The maximum atomic E-state index is 11.5. The highest BCUT2D eigenvalue weighted by Gasteiger charge is 2.44. The van der Waals surface area contributed by atoms with Gasteiger partial charge in [-0.05, 0) is 41.4 Å². The van der Waals surface area contributed by atoms with Crippen LogP contribution in [0.5, 0.6) is 0 Å². The van der Waals surface area contributed by atoms with E-state index >= 15 is 0 Å². The highest BCUT2D eigenvalue weighted by molar-refractivity contribution is 6.75. The fourth-order valence-corrected chi connectivity index (χ4v) is 2.14. The summed E-state index contributed by atoms with van der Waals surface area (Å²) in [5.41, 5.74) is -0.458. The van der Waals surface area contributed by atoms with Crippen molar-refractivity contribution in [1.29, 1.82) is 0 Å². The second kappa shape index (κ2) is 5.00. The Labute approximate surface area is 113 Å². The molecule has 0 saturated carbocycles. The number of hydrogen-bond donors (Lipinski definition) is 0. The van der Waals surface area contributed by atoms with Crippen LogP contribution in [0.4, 0.5) is 0 Å². The SMILES string of the molecule is O=C(Cl)C1(C(=O)Cl)C=CN=C(c2ccccn2)C1. The number of aromatic nitrogens is 1. The lowest BCUT2D eigenvalue weighted by atomic mass is 9.83. The van der Waals surface area contributed by atoms with E-state index in [1.807, 2.05) is 0 Å². The van der Waals surface area contributed by atoms with E-state index in [4.69, 9.17) is 23.2 Å². The Kier molecular flexibility index (Phi) is 3.59. The number of halogens is 2. The van der Waals surface area contributed by atoms with Gasteiger partial charge in [0.1, 0.15) is 5.41 Å². The summed E-state index contributed by atoms with van der Waals surface area (Å²) in [6.07, 6.45) is 4.30. The van der Waals surface area contributed by atoms with Crippen molar-refractivity contribution in [2.45, 2.75) is 6.42 Å². The Hall–Kier alpha value is -1.52. The van der Waals surface area contributed by atoms with Crippen LogP contribution in [-0.2, 0) is 9.59 Å². The third-order valence-corrected chi connectivity index (χ3v) is 3.37. The average molecular weight is 283 g/mol. The van der Waals surface area contributed by atoms with Gasteiger partial charge in [-0.3, -0.25) is 19.6 Å². The zero-order valence-corrected chi connectivity index (χ0v) is 10.6. The van der Waals surface area contributed by atoms with E-state index in [1.165, 1.54) is 12.3 Å². The van der Waals surface area contributed by atoms with Crippen LogP contribution in [-0.4, -0.2) is 21.2 Å². The van der Waals surface area contributed by atoms with Crippen LogP contribution in [0.3, 0.4) is 0 Å². The highest BCUT2D eigenvalue weighted by Crippen LogP contribution is 2.34. The van der Waals surface area contributed by atoms with Crippen molar-refractivity contribution >= 4 is 39.4 Å². The number of nitrogens with zero attached hydrogens (tertiary/aromatic N) is 2. The second-order valence-corrected chi connectivity index (χ2v) is 4.49. The summed E-state index contributed by atoms with van der Waals surface area (Å²) in [7, 11) is 0. The van der Waals surface area contributed by atoms with Crippen molar-refractivity contribution in [3.63, 3.8) is 0 Å². The maximum Gasteiger partial charge on any atom is 0.240 e. The van der Waals surface area contributed by atoms with Crippen LogP contribution in [0.2, 0.25) is 0 Å². The molecule has 1 aromatic rings. The zero-order chi connectivity index (χ0) is 13.2. The fraction of sp³-hybridized carbons (Fsp3) is 0.167.